The number of piperidine rings is 1. The van der Waals surface area contributed by atoms with Crippen molar-refractivity contribution >= 4 is 11.8 Å². The van der Waals surface area contributed by atoms with Crippen LogP contribution in [0.3, 0.4) is 0 Å². The standard InChI is InChI=1S/C17H21N5O3/c23-15-7-6-13(16(24)18-10-14-19-17(25)21-20-14)11-22(15)9-8-12-4-2-1-3-5-12/h1-5,13H,6-11H2,(H,18,24)(H2,19,20,21,25). The molecule has 0 bridgehead atoms. The molecule has 3 N–H and O–H groups in total. The maximum atomic E-state index is 12.3. The second-order valence-corrected chi connectivity index (χ2v) is 6.15. The molecular formula is C17H21N5O3. The number of hydrogen-bond acceptors (Lipinski definition) is 4. The van der Waals surface area contributed by atoms with Crippen molar-refractivity contribution in [1.82, 2.24) is 25.4 Å². The molecule has 1 aliphatic rings. The quantitative estimate of drug-likeness (QED) is 0.695. The molecule has 8 heteroatoms. The molecular weight excluding hydrogens is 322 g/mol. The minimum Gasteiger partial charge on any atom is -0.349 e. The Kier molecular flexibility index (Phi) is 5.27. The second kappa shape index (κ2) is 7.78. The van der Waals surface area contributed by atoms with Crippen molar-refractivity contribution in [2.45, 2.75) is 25.8 Å². The first-order chi connectivity index (χ1) is 12.1. The molecule has 1 aliphatic heterocycles. The van der Waals surface area contributed by atoms with Gasteiger partial charge in [-0.15, -0.1) is 0 Å². The molecule has 0 saturated carbocycles. The summed E-state index contributed by atoms with van der Waals surface area (Å²) in [6.07, 6.45) is 1.70. The molecule has 1 aromatic carbocycles. The van der Waals surface area contributed by atoms with E-state index in [1.165, 1.54) is 5.56 Å². The third kappa shape index (κ3) is 4.56. The van der Waals surface area contributed by atoms with Crippen LogP contribution in [0, 0.1) is 5.92 Å². The highest BCUT2D eigenvalue weighted by atomic mass is 16.2. The maximum Gasteiger partial charge on any atom is 0.340 e. The van der Waals surface area contributed by atoms with Crippen LogP contribution in [-0.4, -0.2) is 45.0 Å². The summed E-state index contributed by atoms with van der Waals surface area (Å²) in [7, 11) is 0. The minimum absolute atomic E-state index is 0.0941. The van der Waals surface area contributed by atoms with Crippen LogP contribution in [0.25, 0.3) is 0 Å². The summed E-state index contributed by atoms with van der Waals surface area (Å²) in [5, 5.41) is 8.76. The van der Waals surface area contributed by atoms with Gasteiger partial charge in [0.05, 0.1) is 12.5 Å². The van der Waals surface area contributed by atoms with Gasteiger partial charge in [-0.1, -0.05) is 30.3 Å². The van der Waals surface area contributed by atoms with Crippen LogP contribution in [0.5, 0.6) is 0 Å². The molecule has 0 spiro atoms. The van der Waals surface area contributed by atoms with Crippen LogP contribution >= 0.6 is 0 Å². The van der Waals surface area contributed by atoms with E-state index in [4.69, 9.17) is 0 Å². The van der Waals surface area contributed by atoms with Crippen molar-refractivity contribution in [2.24, 2.45) is 5.92 Å². The summed E-state index contributed by atoms with van der Waals surface area (Å²) in [6.45, 7) is 1.19. The topological polar surface area (TPSA) is 111 Å². The first-order valence-electron chi connectivity index (χ1n) is 8.35. The number of rotatable bonds is 6. The van der Waals surface area contributed by atoms with Gasteiger partial charge in [0.1, 0.15) is 5.82 Å². The van der Waals surface area contributed by atoms with E-state index in [1.54, 1.807) is 4.90 Å². The van der Waals surface area contributed by atoms with E-state index in [9.17, 15) is 14.4 Å². The average Bonchev–Trinajstić information content (AvgIpc) is 3.05. The van der Waals surface area contributed by atoms with E-state index in [0.29, 0.717) is 31.8 Å². The number of aromatic nitrogens is 3. The number of nitrogens with one attached hydrogen (secondary N) is 3. The summed E-state index contributed by atoms with van der Waals surface area (Å²) in [4.78, 5) is 39.7. The predicted molar refractivity (Wildman–Crippen MR) is 90.5 cm³/mol. The molecule has 1 saturated heterocycles. The number of aromatic amines is 2. The SMILES string of the molecule is O=C(NCc1n[nH]c(=O)[nH]1)C1CCC(=O)N(CCc2ccccc2)C1. The summed E-state index contributed by atoms with van der Waals surface area (Å²) < 4.78 is 0. The minimum atomic E-state index is -0.403. The lowest BCUT2D eigenvalue weighted by Crippen LogP contribution is -2.46. The van der Waals surface area contributed by atoms with Gasteiger partial charge in [0.25, 0.3) is 0 Å². The lowest BCUT2D eigenvalue weighted by Gasteiger charge is -2.32. The highest BCUT2D eigenvalue weighted by molar-refractivity contribution is 5.83. The fourth-order valence-corrected chi connectivity index (χ4v) is 2.96. The van der Waals surface area contributed by atoms with Gasteiger partial charge in [0.2, 0.25) is 11.8 Å². The Morgan fingerprint density at radius 1 is 1.28 bits per heavy atom. The van der Waals surface area contributed by atoms with Crippen LogP contribution in [0.2, 0.25) is 0 Å². The Balaban J connectivity index is 1.51. The number of carbonyl (C=O) groups excluding carboxylic acids is 2. The molecule has 132 valence electrons. The van der Waals surface area contributed by atoms with Crippen LogP contribution < -0.4 is 11.0 Å². The molecule has 8 nitrogen and oxygen atoms in total. The third-order valence-electron chi connectivity index (χ3n) is 4.36. The fraction of sp³-hybridized carbons (Fsp3) is 0.412. The van der Waals surface area contributed by atoms with Crippen LogP contribution in [-0.2, 0) is 22.6 Å². The molecule has 1 unspecified atom stereocenters. The highest BCUT2D eigenvalue weighted by Crippen LogP contribution is 2.18. The Morgan fingerprint density at radius 2 is 2.08 bits per heavy atom. The van der Waals surface area contributed by atoms with Crippen molar-refractivity contribution in [3.63, 3.8) is 0 Å². The molecule has 1 atom stereocenters. The first-order valence-corrected chi connectivity index (χ1v) is 8.35. The Labute approximate surface area is 144 Å². The molecule has 2 amide bonds. The van der Waals surface area contributed by atoms with E-state index >= 15 is 0 Å². The fourth-order valence-electron chi connectivity index (χ4n) is 2.96. The van der Waals surface area contributed by atoms with Crippen molar-refractivity contribution in [1.29, 1.82) is 0 Å². The highest BCUT2D eigenvalue weighted by Gasteiger charge is 2.29. The number of benzene rings is 1. The predicted octanol–water partition coefficient (Wildman–Crippen LogP) is 0.195. The molecule has 0 radical (unpaired) electrons. The van der Waals surface area contributed by atoms with Gasteiger partial charge in [-0.2, -0.15) is 5.10 Å². The molecule has 3 rings (SSSR count). The summed E-state index contributed by atoms with van der Waals surface area (Å²) >= 11 is 0. The second-order valence-electron chi connectivity index (χ2n) is 6.15. The van der Waals surface area contributed by atoms with Gasteiger partial charge >= 0.3 is 5.69 Å². The Bertz CT molecular complexity index is 783. The van der Waals surface area contributed by atoms with E-state index in [0.717, 1.165) is 6.42 Å². The molecule has 1 fully saturated rings. The summed E-state index contributed by atoms with van der Waals surface area (Å²) in [5.41, 5.74) is 0.768. The van der Waals surface area contributed by atoms with Gasteiger partial charge in [0.15, 0.2) is 0 Å². The number of amides is 2. The number of carbonyl (C=O) groups is 2. The molecule has 2 aromatic rings. The normalized spacial score (nSPS) is 17.5. The number of likely N-dealkylation sites (tertiary alicyclic amines) is 1. The van der Waals surface area contributed by atoms with Crippen molar-refractivity contribution in [2.75, 3.05) is 13.1 Å². The molecule has 2 heterocycles. The maximum absolute atomic E-state index is 12.3. The number of nitrogens with zero attached hydrogens (tertiary/aromatic N) is 2. The summed E-state index contributed by atoms with van der Waals surface area (Å²) in [5.74, 6) is 0.114. The molecule has 25 heavy (non-hydrogen) atoms. The number of H-pyrrole nitrogens is 2. The third-order valence-corrected chi connectivity index (χ3v) is 4.36. The van der Waals surface area contributed by atoms with Crippen molar-refractivity contribution < 1.29 is 9.59 Å². The van der Waals surface area contributed by atoms with Gasteiger partial charge in [0, 0.05) is 19.5 Å². The largest absolute Gasteiger partial charge is 0.349 e. The zero-order chi connectivity index (χ0) is 17.6. The first kappa shape index (κ1) is 16.9. The van der Waals surface area contributed by atoms with Crippen LogP contribution in [0.1, 0.15) is 24.2 Å². The molecule has 0 aliphatic carbocycles. The Morgan fingerprint density at radius 3 is 2.80 bits per heavy atom. The lowest BCUT2D eigenvalue weighted by molar-refractivity contribution is -0.138. The van der Waals surface area contributed by atoms with E-state index in [-0.39, 0.29) is 24.3 Å². The molecule has 1 aromatic heterocycles. The van der Waals surface area contributed by atoms with E-state index < -0.39 is 5.69 Å². The van der Waals surface area contributed by atoms with Crippen molar-refractivity contribution in [3.8, 4) is 0 Å². The monoisotopic (exact) mass is 343 g/mol. The van der Waals surface area contributed by atoms with Gasteiger partial charge in [-0.3, -0.25) is 14.6 Å². The Hall–Kier alpha value is -2.90. The zero-order valence-corrected chi connectivity index (χ0v) is 13.8. The zero-order valence-electron chi connectivity index (χ0n) is 13.8. The van der Waals surface area contributed by atoms with Gasteiger partial charge < -0.3 is 10.2 Å². The van der Waals surface area contributed by atoms with Crippen molar-refractivity contribution in [3.05, 3.63) is 52.2 Å². The summed E-state index contributed by atoms with van der Waals surface area (Å²) in [6, 6.07) is 9.97. The van der Waals surface area contributed by atoms with Gasteiger partial charge in [-0.05, 0) is 18.4 Å². The lowest BCUT2D eigenvalue weighted by atomic mass is 9.96. The average molecular weight is 343 g/mol. The van der Waals surface area contributed by atoms with E-state index in [1.807, 2.05) is 30.3 Å². The van der Waals surface area contributed by atoms with Crippen LogP contribution in [0.4, 0.5) is 0 Å². The van der Waals surface area contributed by atoms with E-state index in [2.05, 4.69) is 20.5 Å². The number of hydrogen-bond donors (Lipinski definition) is 3. The smallest absolute Gasteiger partial charge is 0.340 e. The van der Waals surface area contributed by atoms with Crippen LogP contribution in [0.15, 0.2) is 35.1 Å². The van der Waals surface area contributed by atoms with Gasteiger partial charge in [-0.25, -0.2) is 9.89 Å².